The summed E-state index contributed by atoms with van der Waals surface area (Å²) in [6.07, 6.45) is 3.61. The second-order valence-corrected chi connectivity index (χ2v) is 5.70. The number of allylic oxidation sites excluding steroid dienone is 2. The molecule has 0 spiro atoms. The van der Waals surface area contributed by atoms with Crippen LogP contribution in [0.4, 0.5) is 5.82 Å². The molecule has 0 aromatic carbocycles. The Morgan fingerprint density at radius 3 is 3.00 bits per heavy atom. The van der Waals surface area contributed by atoms with Crippen LogP contribution in [0.2, 0.25) is 0 Å². The molecule has 5 heteroatoms. The molecule has 21 heavy (non-hydrogen) atoms. The largest absolute Gasteiger partial charge is 0.309 e. The first kappa shape index (κ1) is 13.8. The molecule has 0 aliphatic carbocycles. The molecule has 2 aromatic rings. The third kappa shape index (κ3) is 2.22. The van der Waals surface area contributed by atoms with Crippen molar-refractivity contribution >= 4 is 17.4 Å². The highest BCUT2D eigenvalue weighted by Crippen LogP contribution is 2.39. The molecule has 2 aromatic heterocycles. The molecule has 1 atom stereocenters. The fourth-order valence-electron chi connectivity index (χ4n) is 3.07. The summed E-state index contributed by atoms with van der Waals surface area (Å²) in [6, 6.07) is 2.00. The smallest absolute Gasteiger partial charge is 0.226 e. The highest BCUT2D eigenvalue weighted by Gasteiger charge is 2.32. The Balaban J connectivity index is 2.27. The molecule has 3 heterocycles. The molecule has 1 N–H and O–H groups in total. The van der Waals surface area contributed by atoms with E-state index in [-0.39, 0.29) is 11.8 Å². The molecule has 1 aliphatic rings. The predicted molar refractivity (Wildman–Crippen MR) is 82.5 cm³/mol. The van der Waals surface area contributed by atoms with Crippen LogP contribution in [0.5, 0.6) is 0 Å². The van der Waals surface area contributed by atoms with E-state index < -0.39 is 0 Å². The minimum Gasteiger partial charge on any atom is -0.309 e. The van der Waals surface area contributed by atoms with Crippen LogP contribution in [0.3, 0.4) is 0 Å². The Bertz CT molecular complexity index is 757. The monoisotopic (exact) mass is 284 g/mol. The van der Waals surface area contributed by atoms with Gasteiger partial charge in [0, 0.05) is 29.3 Å². The molecule has 5 nitrogen and oxygen atoms in total. The molecule has 0 radical (unpaired) electrons. The molecule has 110 valence electrons. The zero-order valence-corrected chi connectivity index (χ0v) is 12.9. The van der Waals surface area contributed by atoms with Gasteiger partial charge in [-0.3, -0.25) is 4.79 Å². The Morgan fingerprint density at radius 1 is 1.52 bits per heavy atom. The molecule has 0 saturated heterocycles. The molecular weight excluding hydrogens is 264 g/mol. The van der Waals surface area contributed by atoms with Crippen molar-refractivity contribution in [3.8, 4) is 0 Å². The molecular formula is C16H20N4O. The minimum atomic E-state index is 0.0223. The molecule has 1 aliphatic heterocycles. The number of anilines is 1. The Kier molecular flexibility index (Phi) is 3.27. The van der Waals surface area contributed by atoms with Gasteiger partial charge in [0.1, 0.15) is 0 Å². The normalized spacial score (nSPS) is 18.8. The van der Waals surface area contributed by atoms with Crippen molar-refractivity contribution in [3.05, 3.63) is 34.7 Å². The number of aryl methyl sites for hydroxylation is 2. The summed E-state index contributed by atoms with van der Waals surface area (Å²) in [7, 11) is 0. The van der Waals surface area contributed by atoms with E-state index in [1.165, 1.54) is 5.57 Å². The molecule has 0 fully saturated rings. The Labute approximate surface area is 124 Å². The zero-order valence-electron chi connectivity index (χ0n) is 12.9. The van der Waals surface area contributed by atoms with Crippen molar-refractivity contribution in [1.29, 1.82) is 0 Å². The SMILES string of the molecule is CC/C=C(\C)C1CC(=O)Nc2nn3c(C)cc(C)nc3c21. The van der Waals surface area contributed by atoms with Gasteiger partial charge >= 0.3 is 0 Å². The lowest BCUT2D eigenvalue weighted by molar-refractivity contribution is -0.116. The van der Waals surface area contributed by atoms with Gasteiger partial charge in [0.05, 0.1) is 0 Å². The molecule has 3 rings (SSSR count). The van der Waals surface area contributed by atoms with Crippen LogP contribution in [0.25, 0.3) is 5.65 Å². The maximum atomic E-state index is 12.0. The molecule has 1 amide bonds. The van der Waals surface area contributed by atoms with Gasteiger partial charge < -0.3 is 5.32 Å². The number of hydrogen-bond acceptors (Lipinski definition) is 3. The van der Waals surface area contributed by atoms with E-state index in [1.54, 1.807) is 0 Å². The third-order valence-corrected chi connectivity index (χ3v) is 4.00. The van der Waals surface area contributed by atoms with Crippen molar-refractivity contribution in [2.45, 2.75) is 46.5 Å². The van der Waals surface area contributed by atoms with Crippen LogP contribution in [-0.4, -0.2) is 20.5 Å². The number of carbonyl (C=O) groups excluding carboxylic acids is 1. The first-order chi connectivity index (χ1) is 10.0. The van der Waals surface area contributed by atoms with Gasteiger partial charge in [-0.1, -0.05) is 18.6 Å². The van der Waals surface area contributed by atoms with Crippen molar-refractivity contribution in [3.63, 3.8) is 0 Å². The standard InChI is InChI=1S/C16H20N4O/c1-5-6-9(2)12-8-13(21)18-15-14(12)16-17-10(3)7-11(4)20(16)19-15/h6-7,12H,5,8H2,1-4H3,(H,18,19,21)/b9-6+. The number of nitrogens with one attached hydrogen (secondary N) is 1. The highest BCUT2D eigenvalue weighted by atomic mass is 16.1. The third-order valence-electron chi connectivity index (χ3n) is 4.00. The second kappa shape index (κ2) is 4.98. The van der Waals surface area contributed by atoms with Crippen LogP contribution in [-0.2, 0) is 4.79 Å². The summed E-state index contributed by atoms with van der Waals surface area (Å²) in [5.41, 5.74) is 5.11. The van der Waals surface area contributed by atoms with Crippen molar-refractivity contribution < 1.29 is 4.79 Å². The van der Waals surface area contributed by atoms with Crippen molar-refractivity contribution in [2.75, 3.05) is 5.32 Å². The Hall–Kier alpha value is -2.17. The van der Waals surface area contributed by atoms with Gasteiger partial charge in [-0.25, -0.2) is 9.50 Å². The maximum absolute atomic E-state index is 12.0. The Morgan fingerprint density at radius 2 is 2.29 bits per heavy atom. The topological polar surface area (TPSA) is 59.3 Å². The van der Waals surface area contributed by atoms with Gasteiger partial charge in [0.2, 0.25) is 5.91 Å². The second-order valence-electron chi connectivity index (χ2n) is 5.70. The summed E-state index contributed by atoms with van der Waals surface area (Å²) < 4.78 is 1.83. The maximum Gasteiger partial charge on any atom is 0.226 e. The summed E-state index contributed by atoms with van der Waals surface area (Å²) in [4.78, 5) is 16.6. The van der Waals surface area contributed by atoms with Crippen LogP contribution < -0.4 is 5.32 Å². The predicted octanol–water partition coefficient (Wildman–Crippen LogP) is 3.13. The summed E-state index contributed by atoms with van der Waals surface area (Å²) in [6.45, 7) is 8.18. The minimum absolute atomic E-state index is 0.0223. The van der Waals surface area contributed by atoms with E-state index >= 15 is 0 Å². The number of aromatic nitrogens is 3. The van der Waals surface area contributed by atoms with Crippen LogP contribution in [0.1, 0.15) is 49.6 Å². The fourth-order valence-corrected chi connectivity index (χ4v) is 3.07. The van der Waals surface area contributed by atoms with E-state index in [2.05, 4.69) is 35.3 Å². The molecule has 0 bridgehead atoms. The average Bonchev–Trinajstić information content (AvgIpc) is 2.76. The number of fused-ring (bicyclic) bond motifs is 3. The van der Waals surface area contributed by atoms with Crippen LogP contribution >= 0.6 is 0 Å². The number of rotatable bonds is 2. The zero-order chi connectivity index (χ0) is 15.1. The van der Waals surface area contributed by atoms with E-state index in [9.17, 15) is 4.79 Å². The first-order valence-corrected chi connectivity index (χ1v) is 7.34. The number of hydrogen-bond donors (Lipinski definition) is 1. The van der Waals surface area contributed by atoms with E-state index in [0.29, 0.717) is 12.2 Å². The quantitative estimate of drug-likeness (QED) is 0.862. The van der Waals surface area contributed by atoms with Gasteiger partial charge in [-0.05, 0) is 33.3 Å². The summed E-state index contributed by atoms with van der Waals surface area (Å²) in [5.74, 6) is 0.746. The van der Waals surface area contributed by atoms with E-state index in [0.717, 1.165) is 29.0 Å². The average molecular weight is 284 g/mol. The summed E-state index contributed by atoms with van der Waals surface area (Å²) >= 11 is 0. The van der Waals surface area contributed by atoms with Crippen molar-refractivity contribution in [1.82, 2.24) is 14.6 Å². The highest BCUT2D eigenvalue weighted by molar-refractivity contribution is 5.95. The van der Waals surface area contributed by atoms with Crippen LogP contribution in [0.15, 0.2) is 17.7 Å². The van der Waals surface area contributed by atoms with Gasteiger partial charge in [0.15, 0.2) is 11.5 Å². The number of nitrogens with zero attached hydrogens (tertiary/aromatic N) is 3. The lowest BCUT2D eigenvalue weighted by Gasteiger charge is -2.22. The van der Waals surface area contributed by atoms with E-state index in [1.807, 2.05) is 24.4 Å². The van der Waals surface area contributed by atoms with Gasteiger partial charge in [0.25, 0.3) is 0 Å². The lowest BCUT2D eigenvalue weighted by atomic mass is 9.87. The van der Waals surface area contributed by atoms with Gasteiger partial charge in [-0.15, -0.1) is 5.10 Å². The lowest BCUT2D eigenvalue weighted by Crippen LogP contribution is -2.23. The van der Waals surface area contributed by atoms with Crippen LogP contribution in [0, 0.1) is 13.8 Å². The molecule has 1 unspecified atom stereocenters. The molecule has 0 saturated carbocycles. The van der Waals surface area contributed by atoms with Gasteiger partial charge in [-0.2, -0.15) is 0 Å². The fraction of sp³-hybridized carbons (Fsp3) is 0.438. The van der Waals surface area contributed by atoms with Crippen molar-refractivity contribution in [2.24, 2.45) is 0 Å². The van der Waals surface area contributed by atoms with E-state index in [4.69, 9.17) is 0 Å². The number of carbonyl (C=O) groups is 1. The number of amides is 1. The first-order valence-electron chi connectivity index (χ1n) is 7.34. The summed E-state index contributed by atoms with van der Waals surface area (Å²) in [5, 5.41) is 7.42.